The molecule has 1 heterocycles. The minimum absolute atomic E-state index is 0.106. The van der Waals surface area contributed by atoms with Crippen molar-refractivity contribution in [2.24, 2.45) is 0 Å². The minimum Gasteiger partial charge on any atom is -0.325 e. The van der Waals surface area contributed by atoms with Crippen LogP contribution in [0.3, 0.4) is 0 Å². The molecule has 0 radical (unpaired) electrons. The third-order valence-electron chi connectivity index (χ3n) is 4.75. The molecule has 0 bridgehead atoms. The lowest BCUT2D eigenvalue weighted by Crippen LogP contribution is -2.26. The topological polar surface area (TPSA) is 93.1 Å². The third kappa shape index (κ3) is 4.06. The summed E-state index contributed by atoms with van der Waals surface area (Å²) in [5.41, 5.74) is 2.19. The van der Waals surface area contributed by atoms with Gasteiger partial charge in [-0.1, -0.05) is 42.5 Å². The van der Waals surface area contributed by atoms with Crippen molar-refractivity contribution in [3.8, 4) is 5.69 Å². The van der Waals surface area contributed by atoms with Crippen molar-refractivity contribution in [1.82, 2.24) is 9.78 Å². The first-order valence-corrected chi connectivity index (χ1v) is 9.71. The van der Waals surface area contributed by atoms with Crippen molar-refractivity contribution in [2.45, 2.75) is 13.8 Å². The first-order chi connectivity index (χ1) is 14.9. The summed E-state index contributed by atoms with van der Waals surface area (Å²) in [6, 6.07) is 21.1. The first kappa shape index (κ1) is 20.0. The molecule has 0 aliphatic rings. The number of nitrogens with zero attached hydrogens (tertiary/aromatic N) is 2. The lowest BCUT2D eigenvalue weighted by Gasteiger charge is -2.14. The molecule has 0 saturated heterocycles. The van der Waals surface area contributed by atoms with Gasteiger partial charge in [0.25, 0.3) is 11.5 Å². The molecular formula is C24H20N4O3. The Hall–Kier alpha value is -4.26. The summed E-state index contributed by atoms with van der Waals surface area (Å²) in [6.45, 7) is 3.28. The van der Waals surface area contributed by atoms with Crippen LogP contribution in [0.5, 0.6) is 0 Å². The fraction of sp³-hybridized carbons (Fsp3) is 0.0833. The zero-order chi connectivity index (χ0) is 22.0. The Morgan fingerprint density at radius 2 is 1.52 bits per heavy atom. The summed E-state index contributed by atoms with van der Waals surface area (Å²) in [5, 5.41) is 10.8. The van der Waals surface area contributed by atoms with Crippen LogP contribution < -0.4 is 16.2 Å². The van der Waals surface area contributed by atoms with E-state index in [9.17, 15) is 14.4 Å². The van der Waals surface area contributed by atoms with Gasteiger partial charge in [-0.05, 0) is 42.8 Å². The molecule has 4 aromatic rings. The van der Waals surface area contributed by atoms with E-state index in [0.29, 0.717) is 27.8 Å². The number of benzene rings is 3. The maximum Gasteiger partial charge on any atom is 0.279 e. The van der Waals surface area contributed by atoms with Gasteiger partial charge < -0.3 is 10.6 Å². The van der Waals surface area contributed by atoms with E-state index >= 15 is 0 Å². The van der Waals surface area contributed by atoms with Gasteiger partial charge in [0.1, 0.15) is 0 Å². The highest BCUT2D eigenvalue weighted by Gasteiger charge is 2.19. The van der Waals surface area contributed by atoms with Crippen LogP contribution in [-0.4, -0.2) is 21.6 Å². The molecule has 7 nitrogen and oxygen atoms in total. The van der Waals surface area contributed by atoms with Gasteiger partial charge in [0.2, 0.25) is 5.91 Å². The number of rotatable bonds is 4. The zero-order valence-electron chi connectivity index (χ0n) is 17.0. The normalized spacial score (nSPS) is 10.6. The number of fused-ring (bicyclic) bond motifs is 1. The summed E-state index contributed by atoms with van der Waals surface area (Å²) in [4.78, 5) is 37.8. The summed E-state index contributed by atoms with van der Waals surface area (Å²) in [5.74, 6) is -0.737. The van der Waals surface area contributed by atoms with Crippen molar-refractivity contribution < 1.29 is 9.59 Å². The molecule has 2 N–H and O–H groups in total. The van der Waals surface area contributed by atoms with Gasteiger partial charge in [0.15, 0.2) is 5.69 Å². The number of hydrogen-bond acceptors (Lipinski definition) is 4. The molecule has 0 atom stereocenters. The molecule has 0 aliphatic heterocycles. The number of para-hydroxylation sites is 1. The number of amides is 2. The molecule has 3 aromatic carbocycles. The number of aryl methyl sites for hydroxylation is 1. The Kier molecular flexibility index (Phi) is 5.32. The van der Waals surface area contributed by atoms with Crippen molar-refractivity contribution in [3.05, 3.63) is 94.4 Å². The Labute approximate surface area is 178 Å². The fourth-order valence-corrected chi connectivity index (χ4v) is 3.34. The van der Waals surface area contributed by atoms with E-state index in [1.54, 1.807) is 60.7 Å². The second-order valence-electron chi connectivity index (χ2n) is 7.13. The molecule has 0 saturated carbocycles. The predicted molar refractivity (Wildman–Crippen MR) is 121 cm³/mol. The maximum absolute atomic E-state index is 13.3. The van der Waals surface area contributed by atoms with Crippen molar-refractivity contribution >= 4 is 34.0 Å². The summed E-state index contributed by atoms with van der Waals surface area (Å²) in [6.07, 6.45) is 0. The highest BCUT2D eigenvalue weighted by Crippen LogP contribution is 2.25. The number of hydrogen-bond donors (Lipinski definition) is 2. The van der Waals surface area contributed by atoms with E-state index in [4.69, 9.17) is 0 Å². The molecule has 0 fully saturated rings. The van der Waals surface area contributed by atoms with Gasteiger partial charge in [-0.15, -0.1) is 0 Å². The average molecular weight is 412 g/mol. The minimum atomic E-state index is -0.488. The molecule has 4 rings (SSSR count). The van der Waals surface area contributed by atoms with E-state index in [-0.39, 0.29) is 17.2 Å². The molecule has 0 unspecified atom stereocenters. The van der Waals surface area contributed by atoms with Crippen molar-refractivity contribution in [2.75, 3.05) is 10.6 Å². The smallest absolute Gasteiger partial charge is 0.279 e. The molecule has 1 aromatic heterocycles. The number of carbonyl (C=O) groups is 2. The van der Waals surface area contributed by atoms with Crippen LogP contribution in [-0.2, 0) is 4.79 Å². The SMILES string of the molecule is CC(=O)Nc1ccc(C)cc1NC(=O)c1nn(-c2ccccc2)c(=O)c2ccccc12. The molecule has 154 valence electrons. The van der Waals surface area contributed by atoms with Crippen LogP contribution in [0.1, 0.15) is 23.0 Å². The van der Waals surface area contributed by atoms with Crippen LogP contribution in [0.25, 0.3) is 16.5 Å². The molecule has 31 heavy (non-hydrogen) atoms. The van der Waals surface area contributed by atoms with Gasteiger partial charge in [0.05, 0.1) is 22.4 Å². The summed E-state index contributed by atoms with van der Waals surface area (Å²) >= 11 is 0. The lowest BCUT2D eigenvalue weighted by atomic mass is 10.1. The molecule has 2 amide bonds. The van der Waals surface area contributed by atoms with Crippen LogP contribution in [0.2, 0.25) is 0 Å². The lowest BCUT2D eigenvalue weighted by molar-refractivity contribution is -0.114. The zero-order valence-corrected chi connectivity index (χ0v) is 17.0. The number of anilines is 2. The van der Waals surface area contributed by atoms with Gasteiger partial charge in [-0.2, -0.15) is 9.78 Å². The third-order valence-corrected chi connectivity index (χ3v) is 4.75. The Morgan fingerprint density at radius 1 is 0.839 bits per heavy atom. The van der Waals surface area contributed by atoms with Crippen molar-refractivity contribution in [1.29, 1.82) is 0 Å². The summed E-state index contributed by atoms with van der Waals surface area (Å²) < 4.78 is 1.22. The van der Waals surface area contributed by atoms with Crippen molar-refractivity contribution in [3.63, 3.8) is 0 Å². The Morgan fingerprint density at radius 3 is 2.23 bits per heavy atom. The number of nitrogens with one attached hydrogen (secondary N) is 2. The molecular weight excluding hydrogens is 392 g/mol. The Bertz CT molecular complexity index is 1360. The molecule has 7 heteroatoms. The monoisotopic (exact) mass is 412 g/mol. The van der Waals surface area contributed by atoms with E-state index < -0.39 is 5.91 Å². The van der Waals surface area contributed by atoms with E-state index in [0.717, 1.165) is 5.56 Å². The van der Waals surface area contributed by atoms with Gasteiger partial charge in [-0.3, -0.25) is 14.4 Å². The van der Waals surface area contributed by atoms with Crippen LogP contribution in [0, 0.1) is 6.92 Å². The second kappa shape index (κ2) is 8.23. The van der Waals surface area contributed by atoms with Crippen LogP contribution in [0.4, 0.5) is 11.4 Å². The van der Waals surface area contributed by atoms with E-state index in [2.05, 4.69) is 15.7 Å². The summed E-state index contributed by atoms with van der Waals surface area (Å²) in [7, 11) is 0. The van der Waals surface area contributed by atoms with Gasteiger partial charge >= 0.3 is 0 Å². The first-order valence-electron chi connectivity index (χ1n) is 9.71. The van der Waals surface area contributed by atoms with Crippen LogP contribution in [0.15, 0.2) is 77.6 Å². The Balaban J connectivity index is 1.84. The average Bonchev–Trinajstić information content (AvgIpc) is 2.76. The van der Waals surface area contributed by atoms with Gasteiger partial charge in [-0.25, -0.2) is 0 Å². The quantitative estimate of drug-likeness (QED) is 0.532. The molecule has 0 aliphatic carbocycles. The largest absolute Gasteiger partial charge is 0.325 e. The molecule has 0 spiro atoms. The van der Waals surface area contributed by atoms with Gasteiger partial charge in [0, 0.05) is 12.3 Å². The fourth-order valence-electron chi connectivity index (χ4n) is 3.34. The van der Waals surface area contributed by atoms with Crippen LogP contribution >= 0.6 is 0 Å². The standard InChI is InChI=1S/C24H20N4O3/c1-15-12-13-20(25-16(2)29)21(14-15)26-23(30)22-18-10-6-7-11-19(18)24(31)28(27-22)17-8-4-3-5-9-17/h3-14H,1-2H3,(H,25,29)(H,26,30). The highest BCUT2D eigenvalue weighted by atomic mass is 16.2. The predicted octanol–water partition coefficient (Wildman–Crippen LogP) is 3.90. The second-order valence-corrected chi connectivity index (χ2v) is 7.13. The number of carbonyl (C=O) groups excluding carboxylic acids is 2. The maximum atomic E-state index is 13.3. The van der Waals surface area contributed by atoms with E-state index in [1.165, 1.54) is 11.6 Å². The highest BCUT2D eigenvalue weighted by molar-refractivity contribution is 6.12. The van der Waals surface area contributed by atoms with E-state index in [1.807, 2.05) is 19.1 Å². The number of aromatic nitrogens is 2.